The quantitative estimate of drug-likeness (QED) is 0.622. The molecule has 3 saturated carbocycles. The number of amides is 4. The molecule has 0 radical (unpaired) electrons. The van der Waals surface area contributed by atoms with Gasteiger partial charge in [-0.15, -0.1) is 0 Å². The van der Waals surface area contributed by atoms with Gasteiger partial charge < -0.3 is 21.3 Å². The number of urea groups is 2. The molecule has 3 aliphatic carbocycles. The van der Waals surface area contributed by atoms with Gasteiger partial charge >= 0.3 is 12.1 Å². The van der Waals surface area contributed by atoms with Crippen molar-refractivity contribution in [1.82, 2.24) is 21.3 Å². The third-order valence-electron chi connectivity index (χ3n) is 5.28. The molecule has 4 N–H and O–H groups in total. The molecule has 4 amide bonds. The molecule has 136 valence electrons. The smallest absolute Gasteiger partial charge is 0.315 e. The van der Waals surface area contributed by atoms with E-state index in [2.05, 4.69) is 42.0 Å². The van der Waals surface area contributed by atoms with E-state index in [0.29, 0.717) is 18.6 Å². The van der Waals surface area contributed by atoms with Crippen LogP contribution >= 0.6 is 0 Å². The van der Waals surface area contributed by atoms with Crippen molar-refractivity contribution in [2.24, 2.45) is 10.8 Å². The number of carbonyl (C=O) groups excluding carboxylic acids is 2. The summed E-state index contributed by atoms with van der Waals surface area (Å²) >= 11 is 0. The number of rotatable bonds is 5. The molecule has 0 aromatic heterocycles. The van der Waals surface area contributed by atoms with Crippen LogP contribution in [0.4, 0.5) is 9.59 Å². The van der Waals surface area contributed by atoms with Crippen molar-refractivity contribution < 1.29 is 9.59 Å². The first-order valence-corrected chi connectivity index (χ1v) is 9.35. The fourth-order valence-electron chi connectivity index (χ4n) is 4.27. The van der Waals surface area contributed by atoms with Gasteiger partial charge in [0.1, 0.15) is 0 Å². The topological polar surface area (TPSA) is 82.3 Å². The highest BCUT2D eigenvalue weighted by atomic mass is 16.2. The average Bonchev–Trinajstić information content (AvgIpc) is 3.30. The third kappa shape index (κ3) is 5.28. The van der Waals surface area contributed by atoms with Crippen LogP contribution < -0.4 is 21.3 Å². The van der Waals surface area contributed by atoms with Crippen LogP contribution in [0.5, 0.6) is 0 Å². The summed E-state index contributed by atoms with van der Waals surface area (Å²) in [6, 6.07) is 0.813. The number of hydrogen-bond donors (Lipinski definition) is 4. The molecule has 0 aromatic rings. The average molecular weight is 336 g/mol. The van der Waals surface area contributed by atoms with Gasteiger partial charge in [-0.2, -0.15) is 0 Å². The predicted octanol–water partition coefficient (Wildman–Crippen LogP) is 2.49. The minimum Gasteiger partial charge on any atom is -0.338 e. The summed E-state index contributed by atoms with van der Waals surface area (Å²) < 4.78 is 0. The molecule has 3 aliphatic rings. The van der Waals surface area contributed by atoms with Crippen LogP contribution in [0.2, 0.25) is 0 Å². The van der Waals surface area contributed by atoms with Crippen molar-refractivity contribution >= 4 is 12.1 Å². The third-order valence-corrected chi connectivity index (χ3v) is 5.28. The van der Waals surface area contributed by atoms with Crippen molar-refractivity contribution in [2.45, 2.75) is 83.8 Å². The SMILES string of the molecule is CC1(C)C[C@@H](NC(=O)NC2CC2)C[C@@](C)(CNC(=O)NC2CC2)C1. The molecular formula is C18H32N4O2. The lowest BCUT2D eigenvalue weighted by Crippen LogP contribution is -2.53. The van der Waals surface area contributed by atoms with Crippen molar-refractivity contribution in [3.05, 3.63) is 0 Å². The highest BCUT2D eigenvalue weighted by Crippen LogP contribution is 2.45. The molecule has 0 aliphatic heterocycles. The van der Waals surface area contributed by atoms with Crippen LogP contribution in [-0.2, 0) is 0 Å². The van der Waals surface area contributed by atoms with Gasteiger partial charge in [0.2, 0.25) is 0 Å². The van der Waals surface area contributed by atoms with Gasteiger partial charge in [0.15, 0.2) is 0 Å². The molecule has 0 heterocycles. The van der Waals surface area contributed by atoms with Crippen LogP contribution in [0.15, 0.2) is 0 Å². The molecule has 0 bridgehead atoms. The Morgan fingerprint density at radius 3 is 1.96 bits per heavy atom. The van der Waals surface area contributed by atoms with Gasteiger partial charge in [-0.25, -0.2) is 9.59 Å². The maximum Gasteiger partial charge on any atom is 0.315 e. The molecule has 2 atom stereocenters. The first-order valence-electron chi connectivity index (χ1n) is 9.35. The van der Waals surface area contributed by atoms with Gasteiger partial charge in [0.05, 0.1) is 0 Å². The second-order valence-corrected chi connectivity index (χ2v) is 9.25. The Morgan fingerprint density at radius 2 is 1.38 bits per heavy atom. The highest BCUT2D eigenvalue weighted by molar-refractivity contribution is 5.75. The minimum atomic E-state index is -0.0573. The molecule has 0 aromatic carbocycles. The second-order valence-electron chi connectivity index (χ2n) is 9.25. The van der Waals surface area contributed by atoms with E-state index >= 15 is 0 Å². The Morgan fingerprint density at radius 1 is 0.833 bits per heavy atom. The van der Waals surface area contributed by atoms with E-state index in [9.17, 15) is 9.59 Å². The van der Waals surface area contributed by atoms with Crippen molar-refractivity contribution in [3.63, 3.8) is 0 Å². The van der Waals surface area contributed by atoms with E-state index < -0.39 is 0 Å². The zero-order chi connectivity index (χ0) is 17.4. The van der Waals surface area contributed by atoms with Crippen LogP contribution in [0.3, 0.4) is 0 Å². The summed E-state index contributed by atoms with van der Waals surface area (Å²) in [6.45, 7) is 7.38. The molecule has 0 saturated heterocycles. The van der Waals surface area contributed by atoms with E-state index in [1.807, 2.05) is 0 Å². The largest absolute Gasteiger partial charge is 0.338 e. The summed E-state index contributed by atoms with van der Waals surface area (Å²) in [7, 11) is 0. The summed E-state index contributed by atoms with van der Waals surface area (Å²) in [6.07, 6.45) is 7.32. The second kappa shape index (κ2) is 6.45. The predicted molar refractivity (Wildman–Crippen MR) is 93.8 cm³/mol. The minimum absolute atomic E-state index is 0.000167. The molecule has 0 unspecified atom stereocenters. The van der Waals surface area contributed by atoms with E-state index in [4.69, 9.17) is 0 Å². The van der Waals surface area contributed by atoms with Crippen LogP contribution in [-0.4, -0.2) is 36.7 Å². The van der Waals surface area contributed by atoms with Crippen LogP contribution in [0, 0.1) is 10.8 Å². The van der Waals surface area contributed by atoms with Gasteiger partial charge in [-0.1, -0.05) is 20.8 Å². The normalized spacial score (nSPS) is 31.9. The first kappa shape index (κ1) is 17.4. The summed E-state index contributed by atoms with van der Waals surface area (Å²) in [4.78, 5) is 24.0. The van der Waals surface area contributed by atoms with E-state index in [1.54, 1.807) is 0 Å². The molecule has 6 nitrogen and oxygen atoms in total. The van der Waals surface area contributed by atoms with Crippen LogP contribution in [0.1, 0.15) is 65.7 Å². The summed E-state index contributed by atoms with van der Waals surface area (Å²) in [5.41, 5.74) is 0.152. The van der Waals surface area contributed by atoms with Gasteiger partial charge in [0, 0.05) is 24.7 Å². The molecule has 24 heavy (non-hydrogen) atoms. The highest BCUT2D eigenvalue weighted by Gasteiger charge is 2.42. The maximum atomic E-state index is 12.1. The monoisotopic (exact) mass is 336 g/mol. The Balaban J connectivity index is 1.52. The summed E-state index contributed by atoms with van der Waals surface area (Å²) in [5, 5.41) is 12.2. The summed E-state index contributed by atoms with van der Waals surface area (Å²) in [5.74, 6) is 0. The fourth-order valence-corrected chi connectivity index (χ4v) is 4.27. The van der Waals surface area contributed by atoms with Gasteiger partial charge in [-0.05, 0) is 55.8 Å². The standard InChI is InChI=1S/C18H32N4O2/c1-17(2)8-14(22-16(24)21-13-6-7-13)9-18(3,10-17)11-19-15(23)20-12-4-5-12/h12-14H,4-11H2,1-3H3,(H2,19,20,23)(H2,21,22,24)/t14-,18-/m1/s1. The van der Waals surface area contributed by atoms with Gasteiger partial charge in [-0.3, -0.25) is 0 Å². The van der Waals surface area contributed by atoms with E-state index in [1.165, 1.54) is 0 Å². The van der Waals surface area contributed by atoms with Crippen LogP contribution in [0.25, 0.3) is 0 Å². The van der Waals surface area contributed by atoms with Crippen molar-refractivity contribution in [3.8, 4) is 0 Å². The van der Waals surface area contributed by atoms with Crippen molar-refractivity contribution in [1.29, 1.82) is 0 Å². The first-order chi connectivity index (χ1) is 11.2. The molecule has 3 fully saturated rings. The van der Waals surface area contributed by atoms with E-state index in [0.717, 1.165) is 44.9 Å². The number of carbonyl (C=O) groups is 2. The lowest BCUT2D eigenvalue weighted by Gasteiger charge is -2.46. The van der Waals surface area contributed by atoms with Gasteiger partial charge in [0.25, 0.3) is 0 Å². The Bertz CT molecular complexity index is 499. The van der Waals surface area contributed by atoms with Crippen molar-refractivity contribution in [2.75, 3.05) is 6.54 Å². The molecule has 3 rings (SSSR count). The zero-order valence-electron chi connectivity index (χ0n) is 15.2. The lowest BCUT2D eigenvalue weighted by molar-refractivity contribution is 0.0749. The Kier molecular flexibility index (Phi) is 4.67. The van der Waals surface area contributed by atoms with E-state index in [-0.39, 0.29) is 28.9 Å². The fraction of sp³-hybridized carbons (Fsp3) is 0.889. The molecular weight excluding hydrogens is 304 g/mol. The molecule has 6 heteroatoms. The maximum absolute atomic E-state index is 12.1. The molecule has 0 spiro atoms. The Hall–Kier alpha value is -1.46. The lowest BCUT2D eigenvalue weighted by atomic mass is 9.62. The number of hydrogen-bond acceptors (Lipinski definition) is 2. The zero-order valence-corrected chi connectivity index (χ0v) is 15.2. The Labute approximate surface area is 144 Å². The number of nitrogens with one attached hydrogen (secondary N) is 4.